The van der Waals surface area contributed by atoms with Gasteiger partial charge in [0.25, 0.3) is 0 Å². The predicted octanol–water partition coefficient (Wildman–Crippen LogP) is 4.37. The van der Waals surface area contributed by atoms with E-state index in [2.05, 4.69) is 26.2 Å². The minimum Gasteiger partial charge on any atom is -0.374 e. The zero-order valence-corrected chi connectivity index (χ0v) is 16.1. The molecule has 0 spiro atoms. The summed E-state index contributed by atoms with van der Waals surface area (Å²) >= 11 is 3.44. The quantitative estimate of drug-likeness (QED) is 0.522. The lowest BCUT2D eigenvalue weighted by Crippen LogP contribution is -2.29. The molecule has 4 rings (SSSR count). The summed E-state index contributed by atoms with van der Waals surface area (Å²) in [6, 6.07) is 27.2. The van der Waals surface area contributed by atoms with Crippen LogP contribution in [0.4, 0.5) is 0 Å². The minimum absolute atomic E-state index is 0.497. The van der Waals surface area contributed by atoms with Crippen molar-refractivity contribution in [2.75, 3.05) is 0 Å². The van der Waals surface area contributed by atoms with E-state index in [1.807, 2.05) is 91.1 Å². The molecule has 0 aliphatic heterocycles. The summed E-state index contributed by atoms with van der Waals surface area (Å²) in [5.41, 5.74) is 1.76. The molecule has 1 aromatic heterocycles. The van der Waals surface area contributed by atoms with Crippen LogP contribution < -0.4 is 0 Å². The highest BCUT2D eigenvalue weighted by atomic mass is 79.9. The molecule has 0 fully saturated rings. The molecule has 0 aliphatic carbocycles. The summed E-state index contributed by atoms with van der Waals surface area (Å²) in [4.78, 5) is 0. The number of hydrogen-bond acceptors (Lipinski definition) is 3. The summed E-state index contributed by atoms with van der Waals surface area (Å²) in [7, 11) is 0. The first-order valence-electron chi connectivity index (χ1n) is 8.65. The van der Waals surface area contributed by atoms with E-state index in [4.69, 9.17) is 0 Å². The van der Waals surface area contributed by atoms with Gasteiger partial charge in [-0.3, -0.25) is 0 Å². The maximum Gasteiger partial charge on any atom is 0.160 e. The first-order valence-corrected chi connectivity index (χ1v) is 9.44. The topological polar surface area (TPSA) is 50.9 Å². The van der Waals surface area contributed by atoms with Gasteiger partial charge in [0.15, 0.2) is 5.60 Å². The highest BCUT2D eigenvalue weighted by Gasteiger charge is 2.36. The molecule has 0 atom stereocenters. The van der Waals surface area contributed by atoms with Gasteiger partial charge in [-0.25, -0.2) is 4.68 Å². The maximum atomic E-state index is 11.7. The van der Waals surface area contributed by atoms with E-state index >= 15 is 0 Å². The molecule has 0 unspecified atom stereocenters. The molecule has 0 amide bonds. The van der Waals surface area contributed by atoms with Gasteiger partial charge in [-0.05, 0) is 28.8 Å². The lowest BCUT2D eigenvalue weighted by Gasteiger charge is -2.27. The fourth-order valence-corrected chi connectivity index (χ4v) is 3.40. The fourth-order valence-electron chi connectivity index (χ4n) is 3.14. The number of aromatic nitrogens is 3. The molecule has 27 heavy (non-hydrogen) atoms. The largest absolute Gasteiger partial charge is 0.374 e. The average molecular weight is 420 g/mol. The van der Waals surface area contributed by atoms with Crippen molar-refractivity contribution in [1.29, 1.82) is 0 Å². The van der Waals surface area contributed by atoms with E-state index in [0.717, 1.165) is 21.2 Å². The molecular weight excluding hydrogens is 402 g/mol. The van der Waals surface area contributed by atoms with Gasteiger partial charge < -0.3 is 5.11 Å². The van der Waals surface area contributed by atoms with Gasteiger partial charge in [0.05, 0.1) is 12.7 Å². The lowest BCUT2D eigenvalue weighted by molar-refractivity contribution is 0.120. The van der Waals surface area contributed by atoms with E-state index in [1.54, 1.807) is 4.68 Å². The summed E-state index contributed by atoms with van der Waals surface area (Å²) in [6.45, 7) is 0.583. The molecule has 134 valence electrons. The van der Waals surface area contributed by atoms with Crippen LogP contribution in [0, 0.1) is 0 Å². The Balaban J connectivity index is 1.74. The van der Waals surface area contributed by atoms with E-state index in [-0.39, 0.29) is 0 Å². The van der Waals surface area contributed by atoms with Crippen molar-refractivity contribution in [2.45, 2.75) is 12.1 Å². The van der Waals surface area contributed by atoms with Gasteiger partial charge in [0.2, 0.25) is 0 Å². The molecule has 0 saturated heterocycles. The van der Waals surface area contributed by atoms with Crippen LogP contribution in [0.5, 0.6) is 0 Å². The number of aliphatic hydroxyl groups is 1. The van der Waals surface area contributed by atoms with Crippen LogP contribution in [-0.4, -0.2) is 20.1 Å². The Kier molecular flexibility index (Phi) is 4.88. The van der Waals surface area contributed by atoms with Crippen molar-refractivity contribution in [3.8, 4) is 0 Å². The second kappa shape index (κ2) is 7.47. The molecule has 1 heterocycles. The van der Waals surface area contributed by atoms with Crippen LogP contribution in [0.2, 0.25) is 0 Å². The highest BCUT2D eigenvalue weighted by Crippen LogP contribution is 2.35. The summed E-state index contributed by atoms with van der Waals surface area (Å²) < 4.78 is 2.78. The molecule has 0 saturated carbocycles. The molecule has 4 nitrogen and oxygen atoms in total. The van der Waals surface area contributed by atoms with Crippen LogP contribution in [0.1, 0.15) is 22.4 Å². The maximum absolute atomic E-state index is 11.7. The molecular formula is C22H18BrN3O. The zero-order valence-electron chi connectivity index (χ0n) is 14.5. The molecule has 5 heteroatoms. The molecule has 0 bridgehead atoms. The Labute approximate surface area is 166 Å². The third-order valence-electron chi connectivity index (χ3n) is 4.55. The van der Waals surface area contributed by atoms with E-state index in [9.17, 15) is 5.11 Å². The lowest BCUT2D eigenvalue weighted by atomic mass is 9.84. The average Bonchev–Trinajstić information content (AvgIpc) is 3.19. The van der Waals surface area contributed by atoms with Crippen molar-refractivity contribution in [3.63, 3.8) is 0 Å². The Hall–Kier alpha value is -2.76. The summed E-state index contributed by atoms with van der Waals surface area (Å²) in [5.74, 6) is 0. The van der Waals surface area contributed by atoms with Gasteiger partial charge in [-0.15, -0.1) is 5.10 Å². The Morgan fingerprint density at radius 2 is 1.37 bits per heavy atom. The Morgan fingerprint density at radius 3 is 1.93 bits per heavy atom. The second-order valence-corrected chi connectivity index (χ2v) is 7.29. The zero-order chi connectivity index (χ0) is 18.7. The number of halogens is 1. The summed E-state index contributed by atoms with van der Waals surface area (Å²) in [6.07, 6.45) is 1.81. The predicted molar refractivity (Wildman–Crippen MR) is 108 cm³/mol. The van der Waals surface area contributed by atoms with Gasteiger partial charge in [-0.2, -0.15) is 0 Å². The molecule has 0 radical (unpaired) electrons. The third-order valence-corrected chi connectivity index (χ3v) is 5.08. The first kappa shape index (κ1) is 17.6. The highest BCUT2D eigenvalue weighted by molar-refractivity contribution is 9.10. The van der Waals surface area contributed by atoms with E-state index < -0.39 is 5.60 Å². The molecule has 3 aromatic carbocycles. The second-order valence-electron chi connectivity index (χ2n) is 6.37. The minimum atomic E-state index is -1.36. The first-order chi connectivity index (χ1) is 13.2. The number of hydrogen-bond donors (Lipinski definition) is 1. The smallest absolute Gasteiger partial charge is 0.160 e. The third kappa shape index (κ3) is 3.56. The van der Waals surface area contributed by atoms with Crippen molar-refractivity contribution in [1.82, 2.24) is 15.0 Å². The van der Waals surface area contributed by atoms with E-state index in [1.165, 1.54) is 0 Å². The van der Waals surface area contributed by atoms with Crippen LogP contribution in [0.15, 0.2) is 95.6 Å². The standard InChI is InChI=1S/C22H18BrN3O/c23-20-13-11-17(12-14-20)15-26-16-21(24-25-26)22(27,18-7-3-1-4-8-18)19-9-5-2-6-10-19/h1-14,16,27H,15H2. The van der Waals surface area contributed by atoms with Gasteiger partial charge >= 0.3 is 0 Å². The fraction of sp³-hybridized carbons (Fsp3) is 0.0909. The molecule has 0 aliphatic rings. The van der Waals surface area contributed by atoms with Crippen LogP contribution in [0.25, 0.3) is 0 Å². The van der Waals surface area contributed by atoms with Crippen LogP contribution in [-0.2, 0) is 12.1 Å². The van der Waals surface area contributed by atoms with Crippen LogP contribution >= 0.6 is 15.9 Å². The van der Waals surface area contributed by atoms with Crippen LogP contribution in [0.3, 0.4) is 0 Å². The van der Waals surface area contributed by atoms with Crippen molar-refractivity contribution in [3.05, 3.63) is 118 Å². The van der Waals surface area contributed by atoms with E-state index in [0.29, 0.717) is 12.2 Å². The van der Waals surface area contributed by atoms with Crippen molar-refractivity contribution < 1.29 is 5.11 Å². The summed E-state index contributed by atoms with van der Waals surface area (Å²) in [5, 5.41) is 20.3. The van der Waals surface area contributed by atoms with Crippen molar-refractivity contribution >= 4 is 15.9 Å². The van der Waals surface area contributed by atoms with Gasteiger partial charge in [-0.1, -0.05) is 93.9 Å². The van der Waals surface area contributed by atoms with Crippen molar-refractivity contribution in [2.24, 2.45) is 0 Å². The SMILES string of the molecule is OC(c1ccccc1)(c1ccccc1)c1cn(Cc2ccc(Br)cc2)nn1. The number of nitrogens with zero attached hydrogens (tertiary/aromatic N) is 3. The van der Waals surface area contributed by atoms with Gasteiger partial charge in [0, 0.05) is 4.47 Å². The monoisotopic (exact) mass is 419 g/mol. The normalized spacial score (nSPS) is 11.5. The molecule has 1 N–H and O–H groups in total. The number of rotatable bonds is 5. The number of benzene rings is 3. The Morgan fingerprint density at radius 1 is 0.815 bits per heavy atom. The molecule has 4 aromatic rings. The Bertz CT molecular complexity index is 975. The van der Waals surface area contributed by atoms with Gasteiger partial charge in [0.1, 0.15) is 5.69 Å².